The minimum Gasteiger partial charge on any atom is -0.508 e. The lowest BCUT2D eigenvalue weighted by Crippen LogP contribution is -2.42. The van der Waals surface area contributed by atoms with Crippen LogP contribution in [0, 0.1) is 0 Å². The zero-order valence-corrected chi connectivity index (χ0v) is 15.0. The quantitative estimate of drug-likeness (QED) is 0.478. The van der Waals surface area contributed by atoms with Gasteiger partial charge < -0.3 is 21.1 Å². The summed E-state index contributed by atoms with van der Waals surface area (Å²) in [5.41, 5.74) is 8.64. The number of carbonyl (C=O) groups excluding carboxylic acids is 1. The maximum atomic E-state index is 12.1. The number of H-pyrrole nitrogens is 1. The number of halogens is 1. The van der Waals surface area contributed by atoms with Crippen LogP contribution < -0.4 is 11.1 Å². The first-order valence-corrected chi connectivity index (χ1v) is 8.84. The first kappa shape index (κ1) is 18.2. The first-order chi connectivity index (χ1) is 12.5. The Hall–Kier alpha value is -2.57. The van der Waals surface area contributed by atoms with E-state index in [9.17, 15) is 9.90 Å². The number of hydrogen-bond donors (Lipinski definition) is 4. The smallest absolute Gasteiger partial charge is 0.237 e. The predicted octanol–water partition coefficient (Wildman–Crippen LogP) is 2.54. The van der Waals surface area contributed by atoms with Gasteiger partial charge in [-0.05, 0) is 48.7 Å². The zero-order valence-electron chi connectivity index (χ0n) is 14.2. The number of phenols is 1. The molecule has 0 saturated carbocycles. The van der Waals surface area contributed by atoms with Gasteiger partial charge >= 0.3 is 0 Å². The molecule has 5 N–H and O–H groups in total. The van der Waals surface area contributed by atoms with Gasteiger partial charge in [-0.2, -0.15) is 0 Å². The highest BCUT2D eigenvalue weighted by atomic mass is 35.5. The molecular weight excluding hydrogens is 352 g/mol. The van der Waals surface area contributed by atoms with E-state index in [1.165, 1.54) is 0 Å². The van der Waals surface area contributed by atoms with E-state index in [0.717, 1.165) is 35.3 Å². The van der Waals surface area contributed by atoms with Gasteiger partial charge in [0.1, 0.15) is 11.6 Å². The Morgan fingerprint density at radius 1 is 1.27 bits per heavy atom. The standard InChI is InChI=1S/C19H21ClN4O2/c20-13-5-8-16-17(11-13)24-18(23-16)2-1-9-22-19(26)15(21)10-12-3-6-14(25)7-4-12/h3-8,11,15,25H,1-2,9-10,21H2,(H,22,26)(H,23,24)/t15-/m0/s1. The van der Waals surface area contributed by atoms with Crippen LogP contribution in [0.2, 0.25) is 5.02 Å². The van der Waals surface area contributed by atoms with Crippen LogP contribution in [0.5, 0.6) is 5.75 Å². The minimum absolute atomic E-state index is 0.186. The van der Waals surface area contributed by atoms with E-state index in [0.29, 0.717) is 18.0 Å². The molecule has 2 aromatic carbocycles. The molecule has 0 spiro atoms. The van der Waals surface area contributed by atoms with Crippen LogP contribution in [0.3, 0.4) is 0 Å². The molecule has 0 saturated heterocycles. The van der Waals surface area contributed by atoms with Crippen LogP contribution in [-0.2, 0) is 17.6 Å². The van der Waals surface area contributed by atoms with Crippen molar-refractivity contribution in [3.8, 4) is 5.75 Å². The Morgan fingerprint density at radius 2 is 2.04 bits per heavy atom. The Bertz CT molecular complexity index is 892. The molecule has 0 unspecified atom stereocenters. The van der Waals surface area contributed by atoms with Gasteiger partial charge in [-0.25, -0.2) is 4.98 Å². The average molecular weight is 373 g/mol. The Labute approximate surface area is 156 Å². The van der Waals surface area contributed by atoms with Crippen LogP contribution in [0.4, 0.5) is 0 Å². The molecule has 0 fully saturated rings. The van der Waals surface area contributed by atoms with Gasteiger partial charge in [0.15, 0.2) is 0 Å². The molecule has 0 aliphatic carbocycles. The number of amides is 1. The van der Waals surface area contributed by atoms with Crippen LogP contribution in [-0.4, -0.2) is 33.6 Å². The second-order valence-electron chi connectivity index (χ2n) is 6.22. The van der Waals surface area contributed by atoms with Gasteiger partial charge in [-0.3, -0.25) is 4.79 Å². The number of nitrogens with one attached hydrogen (secondary N) is 2. The number of carbonyl (C=O) groups is 1. The van der Waals surface area contributed by atoms with E-state index in [4.69, 9.17) is 17.3 Å². The molecular formula is C19H21ClN4O2. The zero-order chi connectivity index (χ0) is 18.5. The number of rotatable bonds is 7. The van der Waals surface area contributed by atoms with Crippen LogP contribution in [0.15, 0.2) is 42.5 Å². The van der Waals surface area contributed by atoms with Crippen LogP contribution >= 0.6 is 11.6 Å². The fourth-order valence-corrected chi connectivity index (χ4v) is 2.90. The van der Waals surface area contributed by atoms with Crippen molar-refractivity contribution in [2.24, 2.45) is 5.73 Å². The van der Waals surface area contributed by atoms with Crippen molar-refractivity contribution in [1.82, 2.24) is 15.3 Å². The topological polar surface area (TPSA) is 104 Å². The van der Waals surface area contributed by atoms with Crippen LogP contribution in [0.25, 0.3) is 11.0 Å². The molecule has 3 rings (SSSR count). The number of aromatic nitrogens is 2. The molecule has 1 atom stereocenters. The highest BCUT2D eigenvalue weighted by Gasteiger charge is 2.13. The summed E-state index contributed by atoms with van der Waals surface area (Å²) in [5, 5.41) is 12.8. The van der Waals surface area contributed by atoms with Gasteiger partial charge in [0, 0.05) is 18.0 Å². The highest BCUT2D eigenvalue weighted by molar-refractivity contribution is 6.31. The second kappa shape index (κ2) is 8.21. The van der Waals surface area contributed by atoms with Crippen molar-refractivity contribution in [2.45, 2.75) is 25.3 Å². The summed E-state index contributed by atoms with van der Waals surface area (Å²) in [7, 11) is 0. The van der Waals surface area contributed by atoms with Crippen molar-refractivity contribution >= 4 is 28.5 Å². The molecule has 3 aromatic rings. The SMILES string of the molecule is N[C@@H](Cc1ccc(O)cc1)C(=O)NCCCc1nc2ccc(Cl)cc2[nH]1. The Balaban J connectivity index is 1.43. The highest BCUT2D eigenvalue weighted by Crippen LogP contribution is 2.17. The number of hydrogen-bond acceptors (Lipinski definition) is 4. The largest absolute Gasteiger partial charge is 0.508 e. The third-order valence-electron chi connectivity index (χ3n) is 4.11. The number of nitrogens with two attached hydrogens (primary N) is 1. The lowest BCUT2D eigenvalue weighted by atomic mass is 10.1. The Morgan fingerprint density at radius 3 is 2.81 bits per heavy atom. The minimum atomic E-state index is -0.618. The summed E-state index contributed by atoms with van der Waals surface area (Å²) in [5.74, 6) is 0.874. The number of benzene rings is 2. The number of imidazole rings is 1. The van der Waals surface area contributed by atoms with Gasteiger partial charge in [0.25, 0.3) is 0 Å². The summed E-state index contributed by atoms with van der Waals surface area (Å²) in [6, 6.07) is 11.6. The second-order valence-corrected chi connectivity index (χ2v) is 6.65. The third kappa shape index (κ3) is 4.74. The van der Waals surface area contributed by atoms with E-state index < -0.39 is 6.04 Å². The molecule has 136 valence electrons. The monoisotopic (exact) mass is 372 g/mol. The summed E-state index contributed by atoms with van der Waals surface area (Å²) in [6.45, 7) is 0.528. The van der Waals surface area contributed by atoms with Gasteiger partial charge in [-0.15, -0.1) is 0 Å². The lowest BCUT2D eigenvalue weighted by molar-refractivity contribution is -0.122. The van der Waals surface area contributed by atoms with Gasteiger partial charge in [0.05, 0.1) is 17.1 Å². The predicted molar refractivity (Wildman–Crippen MR) is 102 cm³/mol. The molecule has 0 bridgehead atoms. The Kier molecular flexibility index (Phi) is 5.75. The van der Waals surface area contributed by atoms with Crippen molar-refractivity contribution in [3.05, 3.63) is 58.9 Å². The average Bonchev–Trinajstić information content (AvgIpc) is 3.02. The first-order valence-electron chi connectivity index (χ1n) is 8.46. The molecule has 6 nitrogen and oxygen atoms in total. The van der Waals surface area contributed by atoms with Crippen molar-refractivity contribution in [2.75, 3.05) is 6.54 Å². The molecule has 0 aliphatic rings. The molecule has 1 heterocycles. The van der Waals surface area contributed by atoms with Crippen molar-refractivity contribution in [1.29, 1.82) is 0 Å². The van der Waals surface area contributed by atoms with Crippen molar-refractivity contribution < 1.29 is 9.90 Å². The summed E-state index contributed by atoms with van der Waals surface area (Å²) < 4.78 is 0. The molecule has 1 aromatic heterocycles. The van der Waals surface area contributed by atoms with E-state index >= 15 is 0 Å². The molecule has 26 heavy (non-hydrogen) atoms. The molecule has 0 aliphatic heterocycles. The van der Waals surface area contributed by atoms with E-state index in [1.54, 1.807) is 24.3 Å². The number of nitrogens with zero attached hydrogens (tertiary/aromatic N) is 1. The molecule has 7 heteroatoms. The number of aryl methyl sites for hydroxylation is 1. The third-order valence-corrected chi connectivity index (χ3v) is 4.35. The van der Waals surface area contributed by atoms with E-state index in [2.05, 4.69) is 15.3 Å². The number of phenolic OH excluding ortho intramolecular Hbond substituents is 1. The van der Waals surface area contributed by atoms with E-state index in [1.807, 2.05) is 18.2 Å². The van der Waals surface area contributed by atoms with Crippen molar-refractivity contribution in [3.63, 3.8) is 0 Å². The fraction of sp³-hybridized carbons (Fsp3) is 0.263. The van der Waals surface area contributed by atoms with Crippen LogP contribution in [0.1, 0.15) is 17.8 Å². The van der Waals surface area contributed by atoms with Gasteiger partial charge in [0.2, 0.25) is 5.91 Å². The summed E-state index contributed by atoms with van der Waals surface area (Å²) >= 11 is 5.97. The number of aromatic amines is 1. The number of fused-ring (bicyclic) bond motifs is 1. The summed E-state index contributed by atoms with van der Waals surface area (Å²) in [6.07, 6.45) is 1.90. The van der Waals surface area contributed by atoms with E-state index in [-0.39, 0.29) is 11.7 Å². The van der Waals surface area contributed by atoms with Gasteiger partial charge in [-0.1, -0.05) is 23.7 Å². The summed E-state index contributed by atoms with van der Waals surface area (Å²) in [4.78, 5) is 19.8. The fourth-order valence-electron chi connectivity index (χ4n) is 2.73. The molecule has 0 radical (unpaired) electrons. The lowest BCUT2D eigenvalue weighted by Gasteiger charge is -2.12. The maximum Gasteiger partial charge on any atom is 0.237 e. The molecule has 1 amide bonds. The number of aromatic hydroxyl groups is 1. The maximum absolute atomic E-state index is 12.1. The normalized spacial score (nSPS) is 12.2.